The largest absolute Gasteiger partial charge is 0.378 e. The van der Waals surface area contributed by atoms with E-state index in [2.05, 4.69) is 50.8 Å². The highest BCUT2D eigenvalue weighted by molar-refractivity contribution is 7.10. The van der Waals surface area contributed by atoms with Gasteiger partial charge in [0.1, 0.15) is 0 Å². The standard InChI is InChI=1S/C21H27N3OS/c1-23(2)17-7-3-15(4-8-17)13-22-20(25)14-24-11-9-19-18(10-12-26-19)21(24)16-5-6-16/h3-4,7-8,10,12,16,21H,5-6,9,11,13-14H2,1-2H3,(H,22,25)/t21-/m1/s1. The van der Waals surface area contributed by atoms with Crippen molar-refractivity contribution < 1.29 is 4.79 Å². The van der Waals surface area contributed by atoms with Crippen molar-refractivity contribution in [1.82, 2.24) is 10.2 Å². The van der Waals surface area contributed by atoms with E-state index in [1.807, 2.05) is 25.4 Å². The highest BCUT2D eigenvalue weighted by Gasteiger charge is 2.40. The summed E-state index contributed by atoms with van der Waals surface area (Å²) < 4.78 is 0. The molecule has 5 heteroatoms. The summed E-state index contributed by atoms with van der Waals surface area (Å²) in [7, 11) is 4.06. The average Bonchev–Trinajstić information content (AvgIpc) is 3.36. The lowest BCUT2D eigenvalue weighted by molar-refractivity contribution is -0.123. The van der Waals surface area contributed by atoms with E-state index in [1.165, 1.54) is 29.0 Å². The van der Waals surface area contributed by atoms with Gasteiger partial charge >= 0.3 is 0 Å². The fourth-order valence-electron chi connectivity index (χ4n) is 3.89. The van der Waals surface area contributed by atoms with E-state index in [4.69, 9.17) is 0 Å². The first-order chi connectivity index (χ1) is 12.6. The van der Waals surface area contributed by atoms with Crippen LogP contribution < -0.4 is 10.2 Å². The Morgan fingerprint density at radius 3 is 2.69 bits per heavy atom. The highest BCUT2D eigenvalue weighted by atomic mass is 32.1. The number of thiophene rings is 1. The van der Waals surface area contributed by atoms with Gasteiger partial charge in [-0.05, 0) is 59.9 Å². The van der Waals surface area contributed by atoms with E-state index in [-0.39, 0.29) is 5.91 Å². The third kappa shape index (κ3) is 3.79. The Labute approximate surface area is 159 Å². The van der Waals surface area contributed by atoms with Gasteiger partial charge in [0.15, 0.2) is 0 Å². The lowest BCUT2D eigenvalue weighted by atomic mass is 9.96. The van der Waals surface area contributed by atoms with Gasteiger partial charge < -0.3 is 10.2 Å². The van der Waals surface area contributed by atoms with Crippen molar-refractivity contribution in [1.29, 1.82) is 0 Å². The monoisotopic (exact) mass is 369 g/mol. The van der Waals surface area contributed by atoms with Crippen LogP contribution in [0.25, 0.3) is 0 Å². The molecule has 0 unspecified atom stereocenters. The molecule has 4 nitrogen and oxygen atoms in total. The summed E-state index contributed by atoms with van der Waals surface area (Å²) in [6.07, 6.45) is 3.68. The Morgan fingerprint density at radius 2 is 2.00 bits per heavy atom. The summed E-state index contributed by atoms with van der Waals surface area (Å²) in [5.74, 6) is 0.876. The lowest BCUT2D eigenvalue weighted by Crippen LogP contribution is -2.42. The first-order valence-electron chi connectivity index (χ1n) is 9.45. The minimum Gasteiger partial charge on any atom is -0.378 e. The van der Waals surface area contributed by atoms with Crippen molar-refractivity contribution in [2.75, 3.05) is 32.1 Å². The van der Waals surface area contributed by atoms with Gasteiger partial charge in [-0.2, -0.15) is 0 Å². The number of carbonyl (C=O) groups excluding carboxylic acids is 1. The first kappa shape index (κ1) is 17.6. The third-order valence-corrected chi connectivity index (χ3v) is 6.47. The van der Waals surface area contributed by atoms with Gasteiger partial charge in [-0.1, -0.05) is 12.1 Å². The quantitative estimate of drug-likeness (QED) is 0.847. The average molecular weight is 370 g/mol. The molecule has 1 atom stereocenters. The fourth-order valence-corrected chi connectivity index (χ4v) is 4.81. The van der Waals surface area contributed by atoms with Crippen molar-refractivity contribution in [3.05, 3.63) is 51.7 Å². The fraction of sp³-hybridized carbons (Fsp3) is 0.476. The van der Waals surface area contributed by atoms with Crippen LogP contribution in [-0.2, 0) is 17.8 Å². The van der Waals surface area contributed by atoms with E-state index in [0.717, 1.165) is 24.4 Å². The summed E-state index contributed by atoms with van der Waals surface area (Å²) in [5.41, 5.74) is 3.80. The molecule has 0 spiro atoms. The minimum absolute atomic E-state index is 0.131. The number of hydrogen-bond acceptors (Lipinski definition) is 4. The topological polar surface area (TPSA) is 35.6 Å². The summed E-state index contributed by atoms with van der Waals surface area (Å²) in [4.78, 5) is 18.5. The molecule has 1 fully saturated rings. The third-order valence-electron chi connectivity index (χ3n) is 5.48. The molecule has 2 aromatic rings. The molecule has 1 aliphatic heterocycles. The van der Waals surface area contributed by atoms with Crippen LogP contribution in [0.5, 0.6) is 0 Å². The van der Waals surface area contributed by atoms with Crippen LogP contribution in [0.4, 0.5) is 5.69 Å². The van der Waals surface area contributed by atoms with Crippen LogP contribution in [0, 0.1) is 5.92 Å². The van der Waals surface area contributed by atoms with Gasteiger partial charge in [-0.25, -0.2) is 0 Å². The van der Waals surface area contributed by atoms with Crippen molar-refractivity contribution in [3.63, 3.8) is 0 Å². The van der Waals surface area contributed by atoms with Crippen molar-refractivity contribution in [3.8, 4) is 0 Å². The molecule has 0 bridgehead atoms. The van der Waals surface area contributed by atoms with E-state index in [9.17, 15) is 4.79 Å². The van der Waals surface area contributed by atoms with Crippen molar-refractivity contribution in [2.45, 2.75) is 31.8 Å². The van der Waals surface area contributed by atoms with Crippen LogP contribution in [0.15, 0.2) is 35.7 Å². The van der Waals surface area contributed by atoms with Crippen LogP contribution in [-0.4, -0.2) is 38.0 Å². The molecule has 0 radical (unpaired) electrons. The lowest BCUT2D eigenvalue weighted by Gasteiger charge is -2.35. The first-order valence-corrected chi connectivity index (χ1v) is 10.3. The maximum atomic E-state index is 12.5. The van der Waals surface area contributed by atoms with E-state index >= 15 is 0 Å². The number of carbonyl (C=O) groups is 1. The molecule has 1 N–H and O–H groups in total. The van der Waals surface area contributed by atoms with Crippen LogP contribution in [0.3, 0.4) is 0 Å². The number of nitrogens with one attached hydrogen (secondary N) is 1. The molecule has 1 aromatic heterocycles. The molecule has 0 saturated heterocycles. The molecule has 1 aromatic carbocycles. The number of rotatable bonds is 6. The molecule has 2 heterocycles. The summed E-state index contributed by atoms with van der Waals surface area (Å²) in [5, 5.41) is 5.31. The zero-order valence-electron chi connectivity index (χ0n) is 15.6. The number of benzene rings is 1. The Kier molecular flexibility index (Phi) is 5.00. The van der Waals surface area contributed by atoms with Gasteiger partial charge in [0, 0.05) is 43.8 Å². The molecule has 4 rings (SSSR count). The summed E-state index contributed by atoms with van der Waals surface area (Å²) >= 11 is 1.88. The molecule has 26 heavy (non-hydrogen) atoms. The molecule has 1 amide bonds. The Hall–Kier alpha value is -1.85. The zero-order chi connectivity index (χ0) is 18.1. The summed E-state index contributed by atoms with van der Waals surface area (Å²) in [6, 6.07) is 11.1. The molecule has 1 saturated carbocycles. The number of amides is 1. The minimum atomic E-state index is 0.131. The Balaban J connectivity index is 1.34. The van der Waals surface area contributed by atoms with E-state index in [1.54, 1.807) is 0 Å². The van der Waals surface area contributed by atoms with E-state index in [0.29, 0.717) is 19.1 Å². The van der Waals surface area contributed by atoms with Gasteiger partial charge in [-0.3, -0.25) is 9.69 Å². The van der Waals surface area contributed by atoms with Crippen LogP contribution in [0.1, 0.15) is 34.9 Å². The maximum absolute atomic E-state index is 12.5. The predicted octanol–water partition coefficient (Wildman–Crippen LogP) is 3.44. The Morgan fingerprint density at radius 1 is 1.23 bits per heavy atom. The normalized spacial score (nSPS) is 19.8. The molecular weight excluding hydrogens is 342 g/mol. The van der Waals surface area contributed by atoms with Gasteiger partial charge in [-0.15, -0.1) is 11.3 Å². The number of hydrogen-bond donors (Lipinski definition) is 1. The molecule has 2 aliphatic rings. The van der Waals surface area contributed by atoms with Crippen molar-refractivity contribution >= 4 is 22.9 Å². The second-order valence-corrected chi connectivity index (χ2v) is 8.64. The highest BCUT2D eigenvalue weighted by Crippen LogP contribution is 2.48. The molecule has 138 valence electrons. The smallest absolute Gasteiger partial charge is 0.234 e. The SMILES string of the molecule is CN(C)c1ccc(CNC(=O)CN2CCc3sccc3[C@H]2C2CC2)cc1. The zero-order valence-corrected chi connectivity index (χ0v) is 16.4. The van der Waals surface area contributed by atoms with E-state index < -0.39 is 0 Å². The maximum Gasteiger partial charge on any atom is 0.234 e. The van der Waals surface area contributed by atoms with Gasteiger partial charge in [0.2, 0.25) is 5.91 Å². The number of nitrogens with zero attached hydrogens (tertiary/aromatic N) is 2. The van der Waals surface area contributed by atoms with Crippen molar-refractivity contribution in [2.24, 2.45) is 5.92 Å². The van der Waals surface area contributed by atoms with Gasteiger partial charge in [0.25, 0.3) is 0 Å². The molecule has 1 aliphatic carbocycles. The number of fused-ring (bicyclic) bond motifs is 1. The van der Waals surface area contributed by atoms with Gasteiger partial charge in [0.05, 0.1) is 6.54 Å². The number of anilines is 1. The Bertz CT molecular complexity index is 764. The van der Waals surface area contributed by atoms with Crippen LogP contribution >= 0.6 is 11.3 Å². The second kappa shape index (κ2) is 7.41. The summed E-state index contributed by atoms with van der Waals surface area (Å²) in [6.45, 7) is 2.10. The predicted molar refractivity (Wildman–Crippen MR) is 108 cm³/mol. The second-order valence-electron chi connectivity index (χ2n) is 7.64. The van der Waals surface area contributed by atoms with Crippen LogP contribution in [0.2, 0.25) is 0 Å². The molecular formula is C21H27N3OS.